The minimum atomic E-state index is 0.760. The average Bonchev–Trinajstić information content (AvgIpc) is 2.48. The molecule has 0 spiro atoms. The molecule has 20 heavy (non-hydrogen) atoms. The fourth-order valence-electron chi connectivity index (χ4n) is 3.94. The zero-order valence-corrected chi connectivity index (χ0v) is 14.2. The number of piperazine rings is 1. The van der Waals surface area contributed by atoms with Crippen molar-refractivity contribution in [2.24, 2.45) is 17.8 Å². The van der Waals surface area contributed by atoms with Gasteiger partial charge in [-0.1, -0.05) is 47.0 Å². The predicted octanol–water partition coefficient (Wildman–Crippen LogP) is 3.91. The largest absolute Gasteiger partial charge is 0.311 e. The molecule has 2 fully saturated rings. The van der Waals surface area contributed by atoms with E-state index in [0.717, 1.165) is 29.8 Å². The highest BCUT2D eigenvalue weighted by Gasteiger charge is 2.32. The van der Waals surface area contributed by atoms with Gasteiger partial charge in [-0.25, -0.2) is 0 Å². The summed E-state index contributed by atoms with van der Waals surface area (Å²) < 4.78 is 0. The van der Waals surface area contributed by atoms with Crippen molar-refractivity contribution in [2.75, 3.05) is 19.6 Å². The molecule has 0 radical (unpaired) electrons. The van der Waals surface area contributed by atoms with Crippen LogP contribution < -0.4 is 5.32 Å². The van der Waals surface area contributed by atoms with Crippen LogP contribution in [-0.2, 0) is 0 Å². The van der Waals surface area contributed by atoms with E-state index in [0.29, 0.717) is 0 Å². The average molecular weight is 280 g/mol. The normalized spacial score (nSPS) is 31.6. The number of nitrogens with zero attached hydrogens (tertiary/aromatic N) is 1. The van der Waals surface area contributed by atoms with E-state index in [4.69, 9.17) is 0 Å². The van der Waals surface area contributed by atoms with Gasteiger partial charge in [-0.2, -0.15) is 0 Å². The van der Waals surface area contributed by atoms with Crippen LogP contribution in [0.2, 0.25) is 0 Å². The van der Waals surface area contributed by atoms with E-state index in [2.05, 4.69) is 37.9 Å². The van der Waals surface area contributed by atoms with Gasteiger partial charge in [0.05, 0.1) is 0 Å². The highest BCUT2D eigenvalue weighted by Crippen LogP contribution is 2.29. The molecule has 2 heteroatoms. The minimum Gasteiger partial charge on any atom is -0.311 e. The number of rotatable bonds is 5. The van der Waals surface area contributed by atoms with Crippen molar-refractivity contribution in [3.05, 3.63) is 0 Å². The Morgan fingerprint density at radius 2 is 1.80 bits per heavy atom. The van der Waals surface area contributed by atoms with E-state index in [1.54, 1.807) is 0 Å². The van der Waals surface area contributed by atoms with Crippen LogP contribution in [0.4, 0.5) is 0 Å². The van der Waals surface area contributed by atoms with Crippen molar-refractivity contribution in [3.8, 4) is 0 Å². The summed E-state index contributed by atoms with van der Waals surface area (Å²) in [6.45, 7) is 13.3. The summed E-state index contributed by atoms with van der Waals surface area (Å²) in [6.07, 6.45) is 8.60. The molecular weight excluding hydrogens is 244 g/mol. The van der Waals surface area contributed by atoms with Crippen LogP contribution in [0.5, 0.6) is 0 Å². The van der Waals surface area contributed by atoms with E-state index < -0.39 is 0 Å². The zero-order chi connectivity index (χ0) is 14.5. The summed E-state index contributed by atoms with van der Waals surface area (Å²) in [7, 11) is 0. The van der Waals surface area contributed by atoms with Crippen LogP contribution in [0.25, 0.3) is 0 Å². The molecule has 0 aromatic carbocycles. The maximum atomic E-state index is 3.88. The molecule has 3 unspecified atom stereocenters. The van der Waals surface area contributed by atoms with Crippen LogP contribution in [0.1, 0.15) is 66.2 Å². The summed E-state index contributed by atoms with van der Waals surface area (Å²) in [5.74, 6) is 2.56. The third-order valence-corrected chi connectivity index (χ3v) is 5.91. The lowest BCUT2D eigenvalue weighted by Crippen LogP contribution is -2.59. The van der Waals surface area contributed by atoms with Gasteiger partial charge in [-0.05, 0) is 37.0 Å². The van der Waals surface area contributed by atoms with Gasteiger partial charge in [0, 0.05) is 31.7 Å². The quantitative estimate of drug-likeness (QED) is 0.821. The maximum absolute atomic E-state index is 3.88. The van der Waals surface area contributed by atoms with E-state index in [1.165, 1.54) is 58.2 Å². The van der Waals surface area contributed by atoms with Crippen molar-refractivity contribution >= 4 is 0 Å². The monoisotopic (exact) mass is 280 g/mol. The third-order valence-electron chi connectivity index (χ3n) is 5.91. The molecule has 3 atom stereocenters. The zero-order valence-electron chi connectivity index (χ0n) is 14.2. The Morgan fingerprint density at radius 3 is 2.40 bits per heavy atom. The summed E-state index contributed by atoms with van der Waals surface area (Å²) in [4.78, 5) is 2.81. The van der Waals surface area contributed by atoms with Gasteiger partial charge in [0.15, 0.2) is 0 Å². The molecule has 118 valence electrons. The molecule has 0 bridgehead atoms. The molecule has 1 N–H and O–H groups in total. The van der Waals surface area contributed by atoms with Gasteiger partial charge in [0.2, 0.25) is 0 Å². The fraction of sp³-hybridized carbons (Fsp3) is 1.00. The number of hydrogen-bond donors (Lipinski definition) is 1. The fourth-order valence-corrected chi connectivity index (χ4v) is 3.94. The van der Waals surface area contributed by atoms with Gasteiger partial charge in [0.25, 0.3) is 0 Å². The van der Waals surface area contributed by atoms with Crippen molar-refractivity contribution in [1.82, 2.24) is 10.2 Å². The lowest BCUT2D eigenvalue weighted by molar-refractivity contribution is 0.0745. The van der Waals surface area contributed by atoms with Crippen molar-refractivity contribution in [1.29, 1.82) is 0 Å². The van der Waals surface area contributed by atoms with Crippen molar-refractivity contribution < 1.29 is 0 Å². The SMILES string of the molecule is CCC1CNC(C2CCCCC2)CN1CC(C)C(C)C. The van der Waals surface area contributed by atoms with Crippen molar-refractivity contribution in [2.45, 2.75) is 78.3 Å². The standard InChI is InChI=1S/C18H36N2/c1-5-17-11-19-18(16-9-7-6-8-10-16)13-20(17)12-15(4)14(2)3/h14-19H,5-13H2,1-4H3. The van der Waals surface area contributed by atoms with E-state index in [-0.39, 0.29) is 0 Å². The molecule has 0 aromatic heterocycles. The Labute approximate surface area is 126 Å². The Bertz CT molecular complexity index is 271. The molecule has 2 rings (SSSR count). The summed E-state index contributed by atoms with van der Waals surface area (Å²) >= 11 is 0. The first kappa shape index (κ1) is 16.3. The Morgan fingerprint density at radius 1 is 1.10 bits per heavy atom. The second-order valence-electron chi connectivity index (χ2n) is 7.65. The summed E-state index contributed by atoms with van der Waals surface area (Å²) in [5, 5.41) is 3.88. The Hall–Kier alpha value is -0.0800. The Kier molecular flexibility index (Phi) is 6.35. The smallest absolute Gasteiger partial charge is 0.0224 e. The molecule has 0 amide bonds. The van der Waals surface area contributed by atoms with Gasteiger partial charge in [-0.3, -0.25) is 4.90 Å². The maximum Gasteiger partial charge on any atom is 0.0224 e. The van der Waals surface area contributed by atoms with E-state index in [1.807, 2.05) is 0 Å². The van der Waals surface area contributed by atoms with Crippen LogP contribution in [0, 0.1) is 17.8 Å². The van der Waals surface area contributed by atoms with Gasteiger partial charge < -0.3 is 5.32 Å². The van der Waals surface area contributed by atoms with Crippen LogP contribution >= 0.6 is 0 Å². The van der Waals surface area contributed by atoms with Crippen LogP contribution in [0.3, 0.4) is 0 Å². The first-order valence-electron chi connectivity index (χ1n) is 9.09. The molecule has 1 aliphatic carbocycles. The molecule has 1 aliphatic heterocycles. The molecule has 2 aliphatic rings. The number of nitrogens with one attached hydrogen (secondary N) is 1. The van der Waals surface area contributed by atoms with E-state index in [9.17, 15) is 0 Å². The lowest BCUT2D eigenvalue weighted by Gasteiger charge is -2.45. The number of hydrogen-bond acceptors (Lipinski definition) is 2. The van der Waals surface area contributed by atoms with Gasteiger partial charge in [-0.15, -0.1) is 0 Å². The molecule has 2 nitrogen and oxygen atoms in total. The summed E-state index contributed by atoms with van der Waals surface area (Å²) in [5.41, 5.74) is 0. The Balaban J connectivity index is 1.92. The van der Waals surface area contributed by atoms with Crippen molar-refractivity contribution in [3.63, 3.8) is 0 Å². The topological polar surface area (TPSA) is 15.3 Å². The predicted molar refractivity (Wildman–Crippen MR) is 88.0 cm³/mol. The first-order valence-corrected chi connectivity index (χ1v) is 9.09. The molecule has 1 heterocycles. The molecule has 1 saturated carbocycles. The molecule has 1 saturated heterocycles. The van der Waals surface area contributed by atoms with Gasteiger partial charge >= 0.3 is 0 Å². The highest BCUT2D eigenvalue weighted by atomic mass is 15.2. The van der Waals surface area contributed by atoms with Gasteiger partial charge in [0.1, 0.15) is 0 Å². The molecule has 0 aromatic rings. The lowest BCUT2D eigenvalue weighted by atomic mass is 9.82. The van der Waals surface area contributed by atoms with Crippen LogP contribution in [0.15, 0.2) is 0 Å². The first-order chi connectivity index (χ1) is 9.61. The molecular formula is C18H36N2. The van der Waals surface area contributed by atoms with Crippen LogP contribution in [-0.4, -0.2) is 36.6 Å². The van der Waals surface area contributed by atoms with E-state index >= 15 is 0 Å². The minimum absolute atomic E-state index is 0.760. The highest BCUT2D eigenvalue weighted by molar-refractivity contribution is 4.90. The second kappa shape index (κ2) is 7.79. The second-order valence-corrected chi connectivity index (χ2v) is 7.65. The summed E-state index contributed by atoms with van der Waals surface area (Å²) in [6, 6.07) is 1.52. The third kappa shape index (κ3) is 4.21.